The van der Waals surface area contributed by atoms with E-state index in [9.17, 15) is 4.79 Å². The fourth-order valence-corrected chi connectivity index (χ4v) is 3.45. The molecule has 2 aliphatic rings. The molecule has 1 N–H and O–H groups in total. The van der Waals surface area contributed by atoms with Crippen molar-refractivity contribution in [3.63, 3.8) is 0 Å². The molecule has 0 saturated carbocycles. The molecule has 4 rings (SSSR count). The smallest absolute Gasteiger partial charge is 0.355 e. The third-order valence-electron chi connectivity index (χ3n) is 4.82. The Hall–Kier alpha value is -3.42. The quantitative estimate of drug-likeness (QED) is 0.794. The summed E-state index contributed by atoms with van der Waals surface area (Å²) in [6.45, 7) is 2.08. The SMILES string of the molecule is CCOC(=O)C1=NNC2C=CC(c3cnnc4cc(OC)c(OC)cc34)=CC12. The molecule has 0 fully saturated rings. The van der Waals surface area contributed by atoms with Gasteiger partial charge in [-0.1, -0.05) is 18.2 Å². The number of aromatic nitrogens is 2. The maximum atomic E-state index is 12.2. The Morgan fingerprint density at radius 3 is 2.75 bits per heavy atom. The van der Waals surface area contributed by atoms with Crippen LogP contribution in [0.25, 0.3) is 16.5 Å². The van der Waals surface area contributed by atoms with E-state index in [1.54, 1.807) is 33.4 Å². The predicted molar refractivity (Wildman–Crippen MR) is 104 cm³/mol. The van der Waals surface area contributed by atoms with Crippen LogP contribution in [0.15, 0.2) is 41.7 Å². The largest absolute Gasteiger partial charge is 0.493 e. The molecule has 0 bridgehead atoms. The van der Waals surface area contributed by atoms with Gasteiger partial charge in [-0.25, -0.2) is 4.79 Å². The molecule has 144 valence electrons. The highest BCUT2D eigenvalue weighted by atomic mass is 16.5. The first kappa shape index (κ1) is 18.0. The zero-order chi connectivity index (χ0) is 19.7. The van der Waals surface area contributed by atoms with Gasteiger partial charge in [0.2, 0.25) is 0 Å². The lowest BCUT2D eigenvalue weighted by Crippen LogP contribution is -2.31. The van der Waals surface area contributed by atoms with E-state index in [4.69, 9.17) is 14.2 Å². The second-order valence-corrected chi connectivity index (χ2v) is 6.36. The molecule has 2 aromatic rings. The number of hydrogen-bond donors (Lipinski definition) is 1. The van der Waals surface area contributed by atoms with Crippen molar-refractivity contribution in [3.05, 3.63) is 42.1 Å². The Bertz CT molecular complexity index is 1030. The van der Waals surface area contributed by atoms with E-state index in [0.29, 0.717) is 29.3 Å². The van der Waals surface area contributed by atoms with Crippen molar-refractivity contribution in [2.45, 2.75) is 13.0 Å². The minimum atomic E-state index is -0.405. The van der Waals surface area contributed by atoms with Crippen molar-refractivity contribution in [1.29, 1.82) is 0 Å². The number of rotatable bonds is 5. The molecule has 0 radical (unpaired) electrons. The molecule has 1 aromatic heterocycles. The molecule has 0 saturated heterocycles. The van der Waals surface area contributed by atoms with E-state index >= 15 is 0 Å². The monoisotopic (exact) mass is 380 g/mol. The van der Waals surface area contributed by atoms with Crippen LogP contribution in [0.3, 0.4) is 0 Å². The highest BCUT2D eigenvalue weighted by Gasteiger charge is 2.35. The van der Waals surface area contributed by atoms with E-state index < -0.39 is 5.97 Å². The number of hydrazone groups is 1. The fraction of sp³-hybridized carbons (Fsp3) is 0.300. The number of methoxy groups -OCH3 is 2. The first-order chi connectivity index (χ1) is 13.7. The maximum Gasteiger partial charge on any atom is 0.355 e. The molecule has 2 atom stereocenters. The van der Waals surface area contributed by atoms with Gasteiger partial charge in [0.05, 0.1) is 44.5 Å². The Kier molecular flexibility index (Phi) is 4.68. The van der Waals surface area contributed by atoms with Crippen LogP contribution in [-0.2, 0) is 9.53 Å². The molecule has 1 aliphatic heterocycles. The van der Waals surface area contributed by atoms with E-state index in [1.165, 1.54) is 0 Å². The third kappa shape index (κ3) is 2.96. The van der Waals surface area contributed by atoms with Gasteiger partial charge < -0.3 is 19.6 Å². The van der Waals surface area contributed by atoms with Crippen LogP contribution in [0.5, 0.6) is 11.5 Å². The number of fused-ring (bicyclic) bond motifs is 2. The minimum absolute atomic E-state index is 0.0705. The predicted octanol–water partition coefficient (Wildman–Crippen LogP) is 2.11. The first-order valence-corrected chi connectivity index (χ1v) is 8.94. The fourth-order valence-electron chi connectivity index (χ4n) is 3.45. The summed E-state index contributed by atoms with van der Waals surface area (Å²) in [6, 6.07) is 3.61. The number of benzene rings is 1. The zero-order valence-corrected chi connectivity index (χ0v) is 15.8. The topological polar surface area (TPSA) is 94.9 Å². The molecule has 1 aromatic carbocycles. The van der Waals surface area contributed by atoms with Gasteiger partial charge in [-0.15, -0.1) is 0 Å². The number of carbonyl (C=O) groups excluding carboxylic acids is 1. The van der Waals surface area contributed by atoms with Gasteiger partial charge in [0, 0.05) is 17.0 Å². The molecule has 28 heavy (non-hydrogen) atoms. The number of allylic oxidation sites excluding steroid dienone is 2. The molecule has 1 aliphatic carbocycles. The number of nitrogens with one attached hydrogen (secondary N) is 1. The molecule has 8 heteroatoms. The lowest BCUT2D eigenvalue weighted by atomic mass is 9.86. The second-order valence-electron chi connectivity index (χ2n) is 6.36. The van der Waals surface area contributed by atoms with Crippen molar-refractivity contribution < 1.29 is 19.0 Å². The van der Waals surface area contributed by atoms with Gasteiger partial charge in [-0.2, -0.15) is 15.3 Å². The number of ether oxygens (including phenoxy) is 3. The Labute approximate surface area is 161 Å². The van der Waals surface area contributed by atoms with Gasteiger partial charge in [0.25, 0.3) is 0 Å². The van der Waals surface area contributed by atoms with Crippen LogP contribution in [-0.4, -0.2) is 48.7 Å². The van der Waals surface area contributed by atoms with E-state index in [2.05, 4.69) is 20.7 Å². The summed E-state index contributed by atoms with van der Waals surface area (Å²) in [7, 11) is 3.17. The van der Waals surface area contributed by atoms with Crippen molar-refractivity contribution in [2.75, 3.05) is 20.8 Å². The average molecular weight is 380 g/mol. The lowest BCUT2D eigenvalue weighted by molar-refractivity contribution is -0.135. The summed E-state index contributed by atoms with van der Waals surface area (Å²) in [4.78, 5) is 12.2. The van der Waals surface area contributed by atoms with Crippen LogP contribution in [0, 0.1) is 5.92 Å². The number of carbonyl (C=O) groups is 1. The Morgan fingerprint density at radius 2 is 2.00 bits per heavy atom. The minimum Gasteiger partial charge on any atom is -0.493 e. The van der Waals surface area contributed by atoms with Crippen molar-refractivity contribution in [2.24, 2.45) is 11.0 Å². The van der Waals surface area contributed by atoms with Crippen molar-refractivity contribution >= 4 is 28.2 Å². The summed E-state index contributed by atoms with van der Waals surface area (Å²) in [6.07, 6.45) is 7.69. The van der Waals surface area contributed by atoms with Gasteiger partial charge >= 0.3 is 5.97 Å². The standard InChI is InChI=1S/C20H20N4O4/c1-4-28-20(25)19-13-7-11(5-6-15(13)23-24-19)14-10-21-22-16-9-18(27-3)17(26-2)8-12(14)16/h5-10,13,15,23H,4H2,1-3H3. The molecule has 0 spiro atoms. The lowest BCUT2D eigenvalue weighted by Gasteiger charge is -2.20. The van der Waals surface area contributed by atoms with Gasteiger partial charge in [-0.05, 0) is 18.6 Å². The summed E-state index contributed by atoms with van der Waals surface area (Å²) >= 11 is 0. The molecular formula is C20H20N4O4. The molecule has 0 amide bonds. The van der Waals surface area contributed by atoms with E-state index in [1.807, 2.05) is 24.3 Å². The molecular weight excluding hydrogens is 360 g/mol. The van der Waals surface area contributed by atoms with Crippen molar-refractivity contribution in [3.8, 4) is 11.5 Å². The van der Waals surface area contributed by atoms with Gasteiger partial charge in [-0.3, -0.25) is 0 Å². The van der Waals surface area contributed by atoms with E-state index in [0.717, 1.165) is 16.5 Å². The number of nitrogens with zero attached hydrogens (tertiary/aromatic N) is 3. The summed E-state index contributed by atoms with van der Waals surface area (Å²) < 4.78 is 15.9. The molecule has 2 heterocycles. The third-order valence-corrected chi connectivity index (χ3v) is 4.82. The Balaban J connectivity index is 1.78. The molecule has 8 nitrogen and oxygen atoms in total. The second kappa shape index (κ2) is 7.30. The summed E-state index contributed by atoms with van der Waals surface area (Å²) in [5, 5.41) is 13.4. The normalized spacial score (nSPS) is 20.1. The highest BCUT2D eigenvalue weighted by molar-refractivity contribution is 6.38. The zero-order valence-electron chi connectivity index (χ0n) is 15.8. The van der Waals surface area contributed by atoms with Crippen molar-refractivity contribution in [1.82, 2.24) is 15.6 Å². The van der Waals surface area contributed by atoms with Crippen LogP contribution in [0.4, 0.5) is 0 Å². The number of esters is 1. The highest BCUT2D eigenvalue weighted by Crippen LogP contribution is 2.36. The Morgan fingerprint density at radius 1 is 1.21 bits per heavy atom. The van der Waals surface area contributed by atoms with Crippen LogP contribution in [0.1, 0.15) is 12.5 Å². The van der Waals surface area contributed by atoms with Crippen LogP contribution >= 0.6 is 0 Å². The average Bonchev–Trinajstić information content (AvgIpc) is 3.15. The van der Waals surface area contributed by atoms with Crippen LogP contribution in [0.2, 0.25) is 0 Å². The first-order valence-electron chi connectivity index (χ1n) is 8.94. The maximum absolute atomic E-state index is 12.2. The van der Waals surface area contributed by atoms with Gasteiger partial charge in [0.15, 0.2) is 17.2 Å². The number of hydrogen-bond acceptors (Lipinski definition) is 8. The molecule has 2 unspecified atom stereocenters. The summed E-state index contributed by atoms with van der Waals surface area (Å²) in [5.74, 6) is 0.588. The van der Waals surface area contributed by atoms with Crippen LogP contribution < -0.4 is 14.9 Å². The summed E-state index contributed by atoms with van der Waals surface area (Å²) in [5.41, 5.74) is 5.86. The van der Waals surface area contributed by atoms with E-state index in [-0.39, 0.29) is 12.0 Å². The van der Waals surface area contributed by atoms with Gasteiger partial charge in [0.1, 0.15) is 0 Å².